The summed E-state index contributed by atoms with van der Waals surface area (Å²) in [5, 5.41) is 12.7. The van der Waals surface area contributed by atoms with Crippen molar-refractivity contribution in [2.24, 2.45) is 5.92 Å². The van der Waals surface area contributed by atoms with E-state index in [4.69, 9.17) is 0 Å². The Labute approximate surface area is 100 Å². The summed E-state index contributed by atoms with van der Waals surface area (Å²) in [4.78, 5) is 0. The van der Waals surface area contributed by atoms with Gasteiger partial charge in [0.15, 0.2) is 0 Å². The molecule has 1 aromatic rings. The molecule has 0 radical (unpaired) electrons. The van der Waals surface area contributed by atoms with Gasteiger partial charge in [-0.05, 0) is 42.7 Å². The highest BCUT2D eigenvalue weighted by atomic mass is 32.2. The fourth-order valence-electron chi connectivity index (χ4n) is 1.49. The summed E-state index contributed by atoms with van der Waals surface area (Å²) in [7, 11) is 0. The average molecular weight is 243 g/mol. The van der Waals surface area contributed by atoms with Gasteiger partial charge in [0.25, 0.3) is 0 Å². The minimum absolute atomic E-state index is 0.145. The third-order valence-corrected chi connectivity index (χ3v) is 3.20. The molecule has 90 valence electrons. The fraction of sp³-hybridized carbons (Fsp3) is 0.500. The van der Waals surface area contributed by atoms with Crippen LogP contribution in [0.25, 0.3) is 0 Å². The maximum absolute atomic E-state index is 12.9. The minimum Gasteiger partial charge on any atom is -0.508 e. The zero-order valence-corrected chi connectivity index (χ0v) is 10.5. The molecule has 16 heavy (non-hydrogen) atoms. The zero-order chi connectivity index (χ0) is 12.0. The van der Waals surface area contributed by atoms with Gasteiger partial charge in [-0.2, -0.15) is 11.8 Å². The minimum atomic E-state index is -0.313. The van der Waals surface area contributed by atoms with Gasteiger partial charge in [-0.25, -0.2) is 4.39 Å². The van der Waals surface area contributed by atoms with Gasteiger partial charge in [0.05, 0.1) is 0 Å². The molecule has 0 bridgehead atoms. The van der Waals surface area contributed by atoms with Crippen LogP contribution in [0.2, 0.25) is 0 Å². The molecule has 0 aliphatic carbocycles. The molecule has 0 amide bonds. The van der Waals surface area contributed by atoms with E-state index in [9.17, 15) is 9.50 Å². The van der Waals surface area contributed by atoms with Gasteiger partial charge in [0.1, 0.15) is 11.6 Å². The topological polar surface area (TPSA) is 32.3 Å². The zero-order valence-electron chi connectivity index (χ0n) is 9.66. The van der Waals surface area contributed by atoms with E-state index in [1.54, 1.807) is 0 Å². The summed E-state index contributed by atoms with van der Waals surface area (Å²) in [6.45, 7) is 3.54. The Hall–Kier alpha value is -0.740. The van der Waals surface area contributed by atoms with Crippen molar-refractivity contribution in [2.45, 2.75) is 13.5 Å². The third-order valence-electron chi connectivity index (χ3n) is 2.30. The van der Waals surface area contributed by atoms with Crippen molar-refractivity contribution in [1.82, 2.24) is 5.32 Å². The molecule has 2 nitrogen and oxygen atoms in total. The van der Waals surface area contributed by atoms with E-state index in [2.05, 4.69) is 18.5 Å². The molecule has 0 fully saturated rings. The summed E-state index contributed by atoms with van der Waals surface area (Å²) < 4.78 is 12.9. The Morgan fingerprint density at radius 1 is 1.50 bits per heavy atom. The Morgan fingerprint density at radius 2 is 2.25 bits per heavy atom. The molecular weight excluding hydrogens is 225 g/mol. The molecular formula is C12H18FNOS. The lowest BCUT2D eigenvalue weighted by molar-refractivity contribution is 0.458. The maximum atomic E-state index is 12.9. The second-order valence-electron chi connectivity index (χ2n) is 3.96. The van der Waals surface area contributed by atoms with Crippen molar-refractivity contribution >= 4 is 11.8 Å². The van der Waals surface area contributed by atoms with Crippen LogP contribution in [0.5, 0.6) is 5.75 Å². The lowest BCUT2D eigenvalue weighted by Gasteiger charge is -2.11. The highest BCUT2D eigenvalue weighted by Gasteiger charge is 2.04. The van der Waals surface area contributed by atoms with Crippen molar-refractivity contribution in [1.29, 1.82) is 0 Å². The molecule has 0 aliphatic heterocycles. The molecule has 1 rings (SSSR count). The first-order valence-corrected chi connectivity index (χ1v) is 6.70. The van der Waals surface area contributed by atoms with E-state index < -0.39 is 0 Å². The Bertz CT molecular complexity index is 333. The average Bonchev–Trinajstić information content (AvgIpc) is 2.23. The number of thioether (sulfide) groups is 1. The first-order chi connectivity index (χ1) is 7.63. The molecule has 0 aliphatic rings. The molecule has 0 aromatic heterocycles. The van der Waals surface area contributed by atoms with Gasteiger partial charge in [0, 0.05) is 12.1 Å². The molecule has 1 unspecified atom stereocenters. The molecule has 4 heteroatoms. The summed E-state index contributed by atoms with van der Waals surface area (Å²) in [5.41, 5.74) is 0.608. The van der Waals surface area contributed by atoms with E-state index >= 15 is 0 Å². The summed E-state index contributed by atoms with van der Waals surface area (Å²) in [5.74, 6) is 1.51. The molecule has 0 saturated carbocycles. The Morgan fingerprint density at radius 3 is 2.94 bits per heavy atom. The molecule has 2 N–H and O–H groups in total. The molecule has 0 spiro atoms. The Balaban J connectivity index is 2.39. The van der Waals surface area contributed by atoms with Crippen LogP contribution < -0.4 is 5.32 Å². The van der Waals surface area contributed by atoms with Gasteiger partial charge in [-0.3, -0.25) is 0 Å². The van der Waals surface area contributed by atoms with Crippen LogP contribution in [0.1, 0.15) is 12.5 Å². The number of hydrogen-bond donors (Lipinski definition) is 2. The SMILES string of the molecule is CSCC(C)CNCc1cc(F)ccc1O. The van der Waals surface area contributed by atoms with Crippen molar-refractivity contribution in [3.8, 4) is 5.75 Å². The van der Waals surface area contributed by atoms with E-state index in [-0.39, 0.29) is 11.6 Å². The summed E-state index contributed by atoms with van der Waals surface area (Å²) >= 11 is 1.81. The number of hydrogen-bond acceptors (Lipinski definition) is 3. The van der Waals surface area contributed by atoms with Crippen LogP contribution >= 0.6 is 11.8 Å². The van der Waals surface area contributed by atoms with Crippen LogP contribution in [0, 0.1) is 11.7 Å². The third kappa shape index (κ3) is 4.41. The normalized spacial score (nSPS) is 12.7. The van der Waals surface area contributed by atoms with Gasteiger partial charge in [-0.1, -0.05) is 6.92 Å². The highest BCUT2D eigenvalue weighted by Crippen LogP contribution is 2.17. The van der Waals surface area contributed by atoms with Crippen LogP contribution in [0.15, 0.2) is 18.2 Å². The number of halogens is 1. The van der Waals surface area contributed by atoms with Crippen molar-refractivity contribution in [2.75, 3.05) is 18.6 Å². The monoisotopic (exact) mass is 243 g/mol. The number of phenolic OH excluding ortho intramolecular Hbond substituents is 1. The van der Waals surface area contributed by atoms with Crippen molar-refractivity contribution < 1.29 is 9.50 Å². The molecule has 1 aromatic carbocycles. The van der Waals surface area contributed by atoms with Crippen LogP contribution in [0.3, 0.4) is 0 Å². The number of rotatable bonds is 6. The largest absolute Gasteiger partial charge is 0.508 e. The number of benzene rings is 1. The number of phenols is 1. The van der Waals surface area contributed by atoms with E-state index in [1.165, 1.54) is 18.2 Å². The van der Waals surface area contributed by atoms with Crippen molar-refractivity contribution in [3.05, 3.63) is 29.6 Å². The number of aromatic hydroxyl groups is 1. The molecule has 0 saturated heterocycles. The number of nitrogens with one attached hydrogen (secondary N) is 1. The van der Waals surface area contributed by atoms with Crippen molar-refractivity contribution in [3.63, 3.8) is 0 Å². The summed E-state index contributed by atoms with van der Waals surface area (Å²) in [6, 6.07) is 4.01. The standard InChI is InChI=1S/C12H18FNOS/c1-9(8-16-2)6-14-7-10-5-11(13)3-4-12(10)15/h3-5,9,14-15H,6-8H2,1-2H3. The van der Waals surface area contributed by atoms with E-state index in [1.807, 2.05) is 11.8 Å². The van der Waals surface area contributed by atoms with Gasteiger partial charge < -0.3 is 10.4 Å². The smallest absolute Gasteiger partial charge is 0.123 e. The Kier molecular flexibility index (Phi) is 5.63. The van der Waals surface area contributed by atoms with Crippen LogP contribution in [-0.2, 0) is 6.54 Å². The second-order valence-corrected chi connectivity index (χ2v) is 4.88. The lowest BCUT2D eigenvalue weighted by atomic mass is 10.1. The first kappa shape index (κ1) is 13.3. The highest BCUT2D eigenvalue weighted by molar-refractivity contribution is 7.98. The second kappa shape index (κ2) is 6.76. The van der Waals surface area contributed by atoms with Crippen LogP contribution in [0.4, 0.5) is 4.39 Å². The van der Waals surface area contributed by atoms with E-state index in [0.717, 1.165) is 12.3 Å². The quantitative estimate of drug-likeness (QED) is 0.805. The van der Waals surface area contributed by atoms with Gasteiger partial charge >= 0.3 is 0 Å². The summed E-state index contributed by atoms with van der Waals surface area (Å²) in [6.07, 6.45) is 2.08. The molecule has 1 atom stereocenters. The van der Waals surface area contributed by atoms with Gasteiger partial charge in [0.2, 0.25) is 0 Å². The predicted molar refractivity (Wildman–Crippen MR) is 67.3 cm³/mol. The van der Waals surface area contributed by atoms with E-state index in [0.29, 0.717) is 18.0 Å². The fourth-order valence-corrected chi connectivity index (χ4v) is 2.18. The first-order valence-electron chi connectivity index (χ1n) is 5.30. The maximum Gasteiger partial charge on any atom is 0.123 e. The molecule has 0 heterocycles. The van der Waals surface area contributed by atoms with Crippen LogP contribution in [-0.4, -0.2) is 23.7 Å². The lowest BCUT2D eigenvalue weighted by Crippen LogP contribution is -2.22. The predicted octanol–water partition coefficient (Wildman–Crippen LogP) is 2.62. The van der Waals surface area contributed by atoms with Gasteiger partial charge in [-0.15, -0.1) is 0 Å².